The Morgan fingerprint density at radius 3 is 2.76 bits per heavy atom. The number of carbonyl (C=O) groups is 2. The van der Waals surface area contributed by atoms with Gasteiger partial charge in [0.1, 0.15) is 0 Å². The van der Waals surface area contributed by atoms with E-state index in [9.17, 15) is 18.0 Å². The highest BCUT2D eigenvalue weighted by molar-refractivity contribution is 7.89. The second kappa shape index (κ2) is 7.96. The van der Waals surface area contributed by atoms with E-state index in [0.717, 1.165) is 29.1 Å². The molecule has 29 heavy (non-hydrogen) atoms. The number of sulfonamides is 1. The minimum Gasteiger partial charge on any atom is -0.354 e. The Hall–Kier alpha value is -2.71. The van der Waals surface area contributed by atoms with Crippen LogP contribution in [-0.2, 0) is 38.9 Å². The number of anilines is 1. The maximum Gasteiger partial charge on any atom is 0.243 e. The summed E-state index contributed by atoms with van der Waals surface area (Å²) in [7, 11) is -3.80. The first-order chi connectivity index (χ1) is 13.9. The van der Waals surface area contributed by atoms with Crippen molar-refractivity contribution in [2.45, 2.75) is 30.6 Å². The number of hydrogen-bond donors (Lipinski definition) is 2. The van der Waals surface area contributed by atoms with Crippen LogP contribution < -0.4 is 10.6 Å². The van der Waals surface area contributed by atoms with Gasteiger partial charge in [-0.1, -0.05) is 24.3 Å². The van der Waals surface area contributed by atoms with E-state index >= 15 is 0 Å². The Balaban J connectivity index is 1.46. The van der Waals surface area contributed by atoms with Crippen molar-refractivity contribution in [3.05, 3.63) is 59.2 Å². The molecule has 0 spiro atoms. The van der Waals surface area contributed by atoms with E-state index in [2.05, 4.69) is 22.8 Å². The van der Waals surface area contributed by atoms with Crippen molar-refractivity contribution in [1.82, 2.24) is 9.62 Å². The Labute approximate surface area is 170 Å². The Morgan fingerprint density at radius 1 is 1.10 bits per heavy atom. The molecule has 0 bridgehead atoms. The first kappa shape index (κ1) is 19.6. The lowest BCUT2D eigenvalue weighted by Crippen LogP contribution is -2.49. The van der Waals surface area contributed by atoms with Crippen molar-refractivity contribution >= 4 is 27.5 Å². The molecule has 2 aromatic rings. The summed E-state index contributed by atoms with van der Waals surface area (Å²) in [5.74, 6) is -0.520. The maximum absolute atomic E-state index is 12.8. The number of rotatable bonds is 5. The summed E-state index contributed by atoms with van der Waals surface area (Å²) in [6, 6.07) is 12.3. The number of aryl methyl sites for hydroxylation is 2. The number of benzene rings is 2. The van der Waals surface area contributed by atoms with Crippen LogP contribution in [0.2, 0.25) is 0 Å². The second-order valence-electron chi connectivity index (χ2n) is 7.40. The smallest absolute Gasteiger partial charge is 0.243 e. The quantitative estimate of drug-likeness (QED) is 0.776. The van der Waals surface area contributed by atoms with Crippen LogP contribution in [0.5, 0.6) is 0 Å². The largest absolute Gasteiger partial charge is 0.354 e. The molecule has 7 nitrogen and oxygen atoms in total. The van der Waals surface area contributed by atoms with Gasteiger partial charge in [0, 0.05) is 18.8 Å². The van der Waals surface area contributed by atoms with Crippen LogP contribution in [0.15, 0.2) is 47.4 Å². The molecule has 2 aromatic carbocycles. The van der Waals surface area contributed by atoms with Crippen molar-refractivity contribution < 1.29 is 18.0 Å². The number of nitrogens with one attached hydrogen (secondary N) is 2. The van der Waals surface area contributed by atoms with Crippen LogP contribution in [-0.4, -0.2) is 44.2 Å². The van der Waals surface area contributed by atoms with Crippen molar-refractivity contribution in [2.75, 3.05) is 25.0 Å². The minimum atomic E-state index is -3.80. The van der Waals surface area contributed by atoms with Crippen LogP contribution in [0.1, 0.15) is 23.1 Å². The molecule has 8 heteroatoms. The second-order valence-corrected chi connectivity index (χ2v) is 9.34. The molecule has 1 heterocycles. The number of hydrogen-bond acceptors (Lipinski definition) is 4. The van der Waals surface area contributed by atoms with Crippen molar-refractivity contribution in [1.29, 1.82) is 0 Å². The Kier molecular flexibility index (Phi) is 5.38. The predicted octanol–water partition coefficient (Wildman–Crippen LogP) is 1.48. The molecular formula is C21H23N3O4S. The summed E-state index contributed by atoms with van der Waals surface area (Å²) in [6.45, 7) is 0.315. The van der Waals surface area contributed by atoms with Gasteiger partial charge in [-0.2, -0.15) is 4.31 Å². The number of amides is 2. The number of fused-ring (bicyclic) bond motifs is 1. The monoisotopic (exact) mass is 413 g/mol. The first-order valence-electron chi connectivity index (χ1n) is 9.69. The van der Waals surface area contributed by atoms with Gasteiger partial charge in [-0.3, -0.25) is 9.59 Å². The molecule has 152 valence electrons. The molecule has 2 N–H and O–H groups in total. The van der Waals surface area contributed by atoms with Gasteiger partial charge in [0.25, 0.3) is 0 Å². The van der Waals surface area contributed by atoms with E-state index in [-0.39, 0.29) is 42.8 Å². The zero-order valence-electron chi connectivity index (χ0n) is 16.0. The van der Waals surface area contributed by atoms with Crippen molar-refractivity contribution in [3.63, 3.8) is 0 Å². The van der Waals surface area contributed by atoms with Crippen LogP contribution >= 0.6 is 0 Å². The molecule has 1 aliphatic heterocycles. The Bertz CT molecular complexity index is 1070. The summed E-state index contributed by atoms with van der Waals surface area (Å²) in [4.78, 5) is 24.1. The molecule has 1 aliphatic carbocycles. The van der Waals surface area contributed by atoms with Crippen LogP contribution in [0, 0.1) is 0 Å². The number of piperazine rings is 1. The van der Waals surface area contributed by atoms with Gasteiger partial charge >= 0.3 is 0 Å². The lowest BCUT2D eigenvalue weighted by atomic mass is 10.0. The van der Waals surface area contributed by atoms with Crippen LogP contribution in [0.25, 0.3) is 0 Å². The first-order valence-corrected chi connectivity index (χ1v) is 11.1. The molecule has 1 saturated heterocycles. The summed E-state index contributed by atoms with van der Waals surface area (Å²) in [5.41, 5.74) is 4.04. The summed E-state index contributed by atoms with van der Waals surface area (Å²) >= 11 is 0. The standard InChI is InChI=1S/C21H23N3O4S/c25-20(12-15-7-8-16-3-1-4-17(16)11-15)23-18-5-2-6-19(13-18)29(27,28)24-10-9-22-21(26)14-24/h2,5-8,11,13H,1,3-4,9-10,12,14H2,(H,22,26)(H,23,25). The molecule has 0 unspecified atom stereocenters. The average molecular weight is 413 g/mol. The van der Waals surface area contributed by atoms with Gasteiger partial charge in [-0.25, -0.2) is 8.42 Å². The zero-order chi connectivity index (χ0) is 20.4. The van der Waals surface area contributed by atoms with Gasteiger partial charge in [0.15, 0.2) is 0 Å². The van der Waals surface area contributed by atoms with Crippen LogP contribution in [0.4, 0.5) is 5.69 Å². The van der Waals surface area contributed by atoms with E-state index in [4.69, 9.17) is 0 Å². The van der Waals surface area contributed by atoms with Crippen molar-refractivity contribution in [3.8, 4) is 0 Å². The van der Waals surface area contributed by atoms with Gasteiger partial charge < -0.3 is 10.6 Å². The molecule has 0 atom stereocenters. The van der Waals surface area contributed by atoms with Crippen LogP contribution in [0.3, 0.4) is 0 Å². The summed E-state index contributed by atoms with van der Waals surface area (Å²) < 4.78 is 26.8. The topological polar surface area (TPSA) is 95.6 Å². The van der Waals surface area contributed by atoms with Gasteiger partial charge in [-0.15, -0.1) is 0 Å². The van der Waals surface area contributed by atoms with E-state index in [1.807, 2.05) is 6.07 Å². The zero-order valence-corrected chi connectivity index (χ0v) is 16.8. The fourth-order valence-electron chi connectivity index (χ4n) is 3.83. The maximum atomic E-state index is 12.8. The molecule has 0 radical (unpaired) electrons. The van der Waals surface area contributed by atoms with E-state index in [1.54, 1.807) is 12.1 Å². The SMILES string of the molecule is O=C1CN(S(=O)(=O)c2cccc(NC(=O)Cc3ccc4c(c3)CCC4)c2)CCN1. The lowest BCUT2D eigenvalue weighted by Gasteiger charge is -2.26. The predicted molar refractivity (Wildman–Crippen MR) is 109 cm³/mol. The minimum absolute atomic E-state index is 0.0579. The molecule has 0 aromatic heterocycles. The molecule has 0 saturated carbocycles. The number of nitrogens with zero attached hydrogens (tertiary/aromatic N) is 1. The highest BCUT2D eigenvalue weighted by Gasteiger charge is 2.29. The summed E-state index contributed by atoms with van der Waals surface area (Å²) in [6.07, 6.45) is 3.54. The third-order valence-electron chi connectivity index (χ3n) is 5.29. The normalized spacial score (nSPS) is 16.9. The highest BCUT2D eigenvalue weighted by Crippen LogP contribution is 2.24. The highest BCUT2D eigenvalue weighted by atomic mass is 32.2. The molecular weight excluding hydrogens is 390 g/mol. The molecule has 4 rings (SSSR count). The van der Waals surface area contributed by atoms with E-state index in [1.165, 1.54) is 23.3 Å². The van der Waals surface area contributed by atoms with E-state index in [0.29, 0.717) is 5.69 Å². The third-order valence-corrected chi connectivity index (χ3v) is 7.13. The fourth-order valence-corrected chi connectivity index (χ4v) is 5.27. The van der Waals surface area contributed by atoms with E-state index < -0.39 is 10.0 Å². The van der Waals surface area contributed by atoms with Gasteiger partial charge in [-0.05, 0) is 54.2 Å². The third kappa shape index (κ3) is 4.33. The van der Waals surface area contributed by atoms with Crippen molar-refractivity contribution in [2.24, 2.45) is 0 Å². The molecule has 2 amide bonds. The Morgan fingerprint density at radius 2 is 1.93 bits per heavy atom. The lowest BCUT2D eigenvalue weighted by molar-refractivity contribution is -0.122. The molecule has 1 fully saturated rings. The average Bonchev–Trinajstić information content (AvgIpc) is 3.16. The fraction of sp³-hybridized carbons (Fsp3) is 0.333. The number of carbonyl (C=O) groups excluding carboxylic acids is 2. The van der Waals surface area contributed by atoms with Gasteiger partial charge in [0.2, 0.25) is 21.8 Å². The summed E-state index contributed by atoms with van der Waals surface area (Å²) in [5, 5.41) is 5.39. The van der Waals surface area contributed by atoms with Gasteiger partial charge in [0.05, 0.1) is 17.9 Å². The molecule has 2 aliphatic rings.